The van der Waals surface area contributed by atoms with E-state index in [0.29, 0.717) is 0 Å². The molecule has 0 rings (SSSR count). The van der Waals surface area contributed by atoms with Crippen LogP contribution in [0.25, 0.3) is 0 Å². The molecular formula is C14H25NNa2O16. The molecule has 0 aliphatic rings. The van der Waals surface area contributed by atoms with Gasteiger partial charge in [0.1, 0.15) is 0 Å². The van der Waals surface area contributed by atoms with Gasteiger partial charge in [-0.05, 0) is 19.6 Å². The number of hydrogen-bond acceptors (Lipinski definition) is 9. The number of carbonyl (C=O) groups is 8. The normalized spacial score (nSPS) is 7.52. The third-order valence-corrected chi connectivity index (χ3v) is 2.07. The van der Waals surface area contributed by atoms with E-state index in [-0.39, 0.29) is 59.1 Å². The molecule has 0 unspecified atom stereocenters. The fraction of sp³-hybridized carbons (Fsp3) is 0.429. The van der Waals surface area contributed by atoms with Gasteiger partial charge in [0.2, 0.25) is 0 Å². The molecule has 0 fully saturated rings. The summed E-state index contributed by atoms with van der Waals surface area (Å²) < 4.78 is 0. The number of nitrogens with zero attached hydrogens (tertiary/aromatic N) is 1. The second-order valence-corrected chi connectivity index (χ2v) is 4.06. The number of hydrogen-bond donors (Lipinski definition) is 8. The van der Waals surface area contributed by atoms with Crippen LogP contribution in [0.4, 0.5) is 0 Å². The molecule has 0 radical (unpaired) electrons. The van der Waals surface area contributed by atoms with Crippen LogP contribution in [0.5, 0.6) is 0 Å². The summed E-state index contributed by atoms with van der Waals surface area (Å²) in [5, 5.41) is 59.1. The van der Waals surface area contributed by atoms with Crippen molar-refractivity contribution in [3.63, 3.8) is 0 Å². The predicted molar refractivity (Wildman–Crippen MR) is 109 cm³/mol. The molecule has 0 amide bonds. The Morgan fingerprint density at radius 3 is 0.485 bits per heavy atom. The minimum absolute atomic E-state index is 0. The van der Waals surface area contributed by atoms with Gasteiger partial charge in [-0.2, -0.15) is 0 Å². The van der Waals surface area contributed by atoms with Crippen LogP contribution in [0, 0.1) is 0 Å². The Morgan fingerprint density at radius 1 is 0.394 bits per heavy atom. The van der Waals surface area contributed by atoms with Gasteiger partial charge in [-0.3, -0.25) is 0 Å². The summed E-state index contributed by atoms with van der Waals surface area (Å²) in [4.78, 5) is 75.2. The van der Waals surface area contributed by atoms with E-state index >= 15 is 0 Å². The summed E-state index contributed by atoms with van der Waals surface area (Å²) in [5.41, 5.74) is 0. The summed E-state index contributed by atoms with van der Waals surface area (Å²) in [5.74, 6) is -14.6. The van der Waals surface area contributed by atoms with E-state index in [1.807, 2.05) is 0 Å². The Bertz CT molecular complexity index is 483. The van der Waals surface area contributed by atoms with Gasteiger partial charge in [0.15, 0.2) is 0 Å². The molecule has 184 valence electrons. The molecule has 19 heteroatoms. The maximum absolute atomic E-state index is 9.10. The van der Waals surface area contributed by atoms with E-state index in [0.717, 1.165) is 0 Å². The molecule has 8 N–H and O–H groups in total. The Labute approximate surface area is 230 Å². The zero-order chi connectivity index (χ0) is 26.3. The van der Waals surface area contributed by atoms with Crippen molar-refractivity contribution in [2.24, 2.45) is 0 Å². The molecule has 0 aliphatic carbocycles. The van der Waals surface area contributed by atoms with Crippen molar-refractivity contribution in [3.8, 4) is 0 Å². The van der Waals surface area contributed by atoms with Crippen LogP contribution in [0.1, 0.15) is 20.8 Å². The first-order chi connectivity index (χ1) is 13.9. The van der Waals surface area contributed by atoms with Crippen molar-refractivity contribution in [1.29, 1.82) is 0 Å². The van der Waals surface area contributed by atoms with Crippen molar-refractivity contribution in [2.45, 2.75) is 20.8 Å². The van der Waals surface area contributed by atoms with E-state index in [9.17, 15) is 0 Å². The molecular weight excluding hydrogens is 484 g/mol. The average Bonchev–Trinajstić information content (AvgIpc) is 2.64. The molecule has 0 atom stereocenters. The summed E-state index contributed by atoms with van der Waals surface area (Å²) >= 11 is 0. The Balaban J connectivity index is -0.0000000505. The van der Waals surface area contributed by atoms with Gasteiger partial charge < -0.3 is 45.8 Å². The van der Waals surface area contributed by atoms with Crippen LogP contribution >= 0.6 is 0 Å². The summed E-state index contributed by atoms with van der Waals surface area (Å²) in [6.45, 7) is 10.1. The third-order valence-electron chi connectivity index (χ3n) is 2.07. The Hall–Kier alpha value is -2.28. The fourth-order valence-corrected chi connectivity index (χ4v) is 0.671. The summed E-state index contributed by atoms with van der Waals surface area (Å²) in [7, 11) is 0. The number of carboxylic acid groups (broad SMARTS) is 8. The second kappa shape index (κ2) is 31.9. The molecule has 0 bridgehead atoms. The minimum atomic E-state index is -1.82. The molecule has 0 spiro atoms. The third kappa shape index (κ3) is 58.7. The van der Waals surface area contributed by atoms with E-state index in [2.05, 4.69) is 25.7 Å². The van der Waals surface area contributed by atoms with Crippen LogP contribution in [0.3, 0.4) is 0 Å². The van der Waals surface area contributed by atoms with Crippen molar-refractivity contribution < 1.29 is 79.2 Å². The standard InChI is InChI=1S/C6H15N.4C2H2O4.2Na.2H/c1-4-7(5-2)6-3;4*3-1(4)2(5)6;;;;/h4-6H2,1-3H3;4*(H,3,4)(H,5,6);;;;. The molecule has 0 aromatic heterocycles. The van der Waals surface area contributed by atoms with Gasteiger partial charge in [-0.15, -0.1) is 0 Å². The van der Waals surface area contributed by atoms with Crippen molar-refractivity contribution in [2.75, 3.05) is 19.6 Å². The topological polar surface area (TPSA) is 302 Å². The zero-order valence-corrected chi connectivity index (χ0v) is 16.4. The van der Waals surface area contributed by atoms with Crippen molar-refractivity contribution >= 4 is 107 Å². The molecule has 0 aliphatic heterocycles. The molecule has 0 aromatic rings. The number of aliphatic carboxylic acids is 8. The molecule has 33 heavy (non-hydrogen) atoms. The summed E-state index contributed by atoms with van der Waals surface area (Å²) in [6, 6.07) is 0. The van der Waals surface area contributed by atoms with Gasteiger partial charge >= 0.3 is 107 Å². The SMILES string of the molecule is CCN(CC)CC.O=C(O)C(=O)O.O=C(O)C(=O)O.O=C(O)C(=O)O.O=C(O)C(=O)O.[NaH].[NaH]. The van der Waals surface area contributed by atoms with E-state index < -0.39 is 47.8 Å². The Morgan fingerprint density at radius 2 is 0.485 bits per heavy atom. The molecule has 0 saturated carbocycles. The second-order valence-electron chi connectivity index (χ2n) is 4.06. The monoisotopic (exact) mass is 509 g/mol. The Kier molecular flexibility index (Phi) is 46.6. The van der Waals surface area contributed by atoms with Gasteiger partial charge in [0, 0.05) is 0 Å². The van der Waals surface area contributed by atoms with Crippen LogP contribution in [-0.4, -0.2) is 172 Å². The van der Waals surface area contributed by atoms with Crippen molar-refractivity contribution in [1.82, 2.24) is 4.90 Å². The van der Waals surface area contributed by atoms with Crippen molar-refractivity contribution in [3.05, 3.63) is 0 Å². The first kappa shape index (κ1) is 48.2. The van der Waals surface area contributed by atoms with E-state index in [4.69, 9.17) is 79.2 Å². The van der Waals surface area contributed by atoms with Gasteiger partial charge in [0.05, 0.1) is 0 Å². The van der Waals surface area contributed by atoms with Crippen LogP contribution in [0.2, 0.25) is 0 Å². The first-order valence-corrected chi connectivity index (χ1v) is 7.49. The van der Waals surface area contributed by atoms with Crippen LogP contribution in [0.15, 0.2) is 0 Å². The number of rotatable bonds is 3. The predicted octanol–water partition coefficient (Wildman–Crippen LogP) is -3.33. The maximum atomic E-state index is 9.10. The van der Waals surface area contributed by atoms with Crippen LogP contribution < -0.4 is 0 Å². The molecule has 17 nitrogen and oxygen atoms in total. The van der Waals surface area contributed by atoms with Gasteiger partial charge in [-0.25, -0.2) is 38.4 Å². The number of carboxylic acids is 8. The molecule has 0 aromatic carbocycles. The van der Waals surface area contributed by atoms with Crippen LogP contribution in [-0.2, 0) is 38.4 Å². The average molecular weight is 509 g/mol. The van der Waals surface area contributed by atoms with Gasteiger partial charge in [0.25, 0.3) is 0 Å². The van der Waals surface area contributed by atoms with Gasteiger partial charge in [-0.1, -0.05) is 20.8 Å². The molecule has 0 heterocycles. The first-order valence-electron chi connectivity index (χ1n) is 7.49. The van der Waals surface area contributed by atoms with E-state index in [1.54, 1.807) is 0 Å². The zero-order valence-electron chi connectivity index (χ0n) is 16.4. The quantitative estimate of drug-likeness (QED) is 0.136. The fourth-order valence-electron chi connectivity index (χ4n) is 0.671. The van der Waals surface area contributed by atoms with E-state index in [1.165, 1.54) is 19.6 Å². The summed E-state index contributed by atoms with van der Waals surface area (Å²) in [6.07, 6.45) is 0. The molecule has 0 saturated heterocycles.